The molecule has 1 aliphatic rings. The van der Waals surface area contributed by atoms with Crippen LogP contribution in [0.2, 0.25) is 0 Å². The van der Waals surface area contributed by atoms with Crippen molar-refractivity contribution in [1.29, 1.82) is 0 Å². The molecular weight excluding hydrogens is 186 g/mol. The largest absolute Gasteiger partial charge is 0.366 e. The monoisotopic (exact) mass is 197 g/mol. The summed E-state index contributed by atoms with van der Waals surface area (Å²) < 4.78 is 0. The second-order valence-corrected chi connectivity index (χ2v) is 3.23. The van der Waals surface area contributed by atoms with E-state index in [1.807, 2.05) is 18.2 Å². The van der Waals surface area contributed by atoms with Crippen molar-refractivity contribution in [2.45, 2.75) is 18.8 Å². The third-order valence-electron chi connectivity index (χ3n) is 2.24. The van der Waals surface area contributed by atoms with E-state index in [4.69, 9.17) is 5.73 Å². The minimum absolute atomic E-state index is 0. The Hall–Kier alpha value is -1.02. The van der Waals surface area contributed by atoms with Gasteiger partial charge in [0.25, 0.3) is 0 Å². The predicted molar refractivity (Wildman–Crippen MR) is 54.2 cm³/mol. The fraction of sp³-hybridized carbons (Fsp3) is 0.300. The van der Waals surface area contributed by atoms with Crippen LogP contribution in [0, 0.1) is 0 Å². The number of carbonyl (C=O) groups is 1. The van der Waals surface area contributed by atoms with Crippen LogP contribution in [0.1, 0.15) is 34.7 Å². The molecule has 1 aromatic rings. The molecular formula is C10H12ClNO. The second kappa shape index (κ2) is 3.79. The summed E-state index contributed by atoms with van der Waals surface area (Å²) in [4.78, 5) is 11.0. The lowest BCUT2D eigenvalue weighted by molar-refractivity contribution is 0.0999. The van der Waals surface area contributed by atoms with Gasteiger partial charge in [-0.1, -0.05) is 18.2 Å². The van der Waals surface area contributed by atoms with Crippen LogP contribution in [0.3, 0.4) is 0 Å². The Morgan fingerprint density at radius 1 is 1.31 bits per heavy atom. The van der Waals surface area contributed by atoms with Crippen molar-refractivity contribution >= 4 is 18.3 Å². The zero-order valence-electron chi connectivity index (χ0n) is 7.19. The maximum atomic E-state index is 11.0. The van der Waals surface area contributed by atoms with Crippen molar-refractivity contribution in [3.05, 3.63) is 35.4 Å². The molecule has 2 N–H and O–H groups in total. The number of halogens is 1. The van der Waals surface area contributed by atoms with Gasteiger partial charge in [0.2, 0.25) is 5.91 Å². The molecule has 0 radical (unpaired) electrons. The molecule has 70 valence electrons. The van der Waals surface area contributed by atoms with Crippen LogP contribution in [0.25, 0.3) is 0 Å². The summed E-state index contributed by atoms with van der Waals surface area (Å²) in [7, 11) is 0. The standard InChI is InChI=1S/C10H11NO.ClH/c11-10(12)9-4-2-1-3-8(9)7-5-6-7;/h1-4,7H,5-6H2,(H2,11,12);1H. The van der Waals surface area contributed by atoms with E-state index in [9.17, 15) is 4.79 Å². The Bertz CT molecular complexity index is 320. The van der Waals surface area contributed by atoms with Crippen molar-refractivity contribution in [2.75, 3.05) is 0 Å². The molecule has 1 fully saturated rings. The summed E-state index contributed by atoms with van der Waals surface area (Å²) in [5, 5.41) is 0. The minimum atomic E-state index is -0.308. The third-order valence-corrected chi connectivity index (χ3v) is 2.24. The van der Waals surface area contributed by atoms with Gasteiger partial charge in [-0.25, -0.2) is 0 Å². The smallest absolute Gasteiger partial charge is 0.248 e. The van der Waals surface area contributed by atoms with Crippen molar-refractivity contribution in [2.24, 2.45) is 5.73 Å². The number of hydrogen-bond donors (Lipinski definition) is 1. The summed E-state index contributed by atoms with van der Waals surface area (Å²) in [6.45, 7) is 0. The molecule has 1 amide bonds. The Morgan fingerprint density at radius 2 is 1.92 bits per heavy atom. The first-order valence-corrected chi connectivity index (χ1v) is 4.18. The van der Waals surface area contributed by atoms with E-state index in [1.54, 1.807) is 6.07 Å². The minimum Gasteiger partial charge on any atom is -0.366 e. The van der Waals surface area contributed by atoms with E-state index in [0.717, 1.165) is 5.56 Å². The summed E-state index contributed by atoms with van der Waals surface area (Å²) in [5.41, 5.74) is 7.07. The Morgan fingerprint density at radius 3 is 2.46 bits per heavy atom. The van der Waals surface area contributed by atoms with Gasteiger partial charge in [-0.05, 0) is 30.4 Å². The number of carbonyl (C=O) groups excluding carboxylic acids is 1. The highest BCUT2D eigenvalue weighted by Crippen LogP contribution is 2.41. The normalized spacial score (nSPS) is 14.8. The van der Waals surface area contributed by atoms with Crippen LogP contribution < -0.4 is 5.73 Å². The van der Waals surface area contributed by atoms with Gasteiger partial charge in [0, 0.05) is 5.56 Å². The molecule has 0 aliphatic heterocycles. The quantitative estimate of drug-likeness (QED) is 0.775. The summed E-state index contributed by atoms with van der Waals surface area (Å²) >= 11 is 0. The lowest BCUT2D eigenvalue weighted by atomic mass is 10.0. The number of amides is 1. The van der Waals surface area contributed by atoms with Gasteiger partial charge in [-0.15, -0.1) is 12.4 Å². The van der Waals surface area contributed by atoms with Gasteiger partial charge >= 0.3 is 0 Å². The van der Waals surface area contributed by atoms with Gasteiger partial charge in [-0.3, -0.25) is 4.79 Å². The zero-order valence-corrected chi connectivity index (χ0v) is 8.01. The lowest BCUT2D eigenvalue weighted by Crippen LogP contribution is -2.13. The number of rotatable bonds is 2. The zero-order chi connectivity index (χ0) is 8.55. The third kappa shape index (κ3) is 2.01. The fourth-order valence-corrected chi connectivity index (χ4v) is 1.47. The van der Waals surface area contributed by atoms with Crippen molar-refractivity contribution in [3.8, 4) is 0 Å². The molecule has 0 atom stereocenters. The highest BCUT2D eigenvalue weighted by molar-refractivity contribution is 5.94. The number of nitrogens with two attached hydrogens (primary N) is 1. The summed E-state index contributed by atoms with van der Waals surface area (Å²) in [6, 6.07) is 7.61. The molecule has 3 heteroatoms. The Balaban J connectivity index is 0.000000845. The van der Waals surface area contributed by atoms with Crippen LogP contribution >= 0.6 is 12.4 Å². The molecule has 1 aromatic carbocycles. The van der Waals surface area contributed by atoms with E-state index >= 15 is 0 Å². The van der Waals surface area contributed by atoms with Crippen LogP contribution in [-0.4, -0.2) is 5.91 Å². The van der Waals surface area contributed by atoms with Crippen LogP contribution in [-0.2, 0) is 0 Å². The molecule has 0 saturated heterocycles. The van der Waals surface area contributed by atoms with E-state index in [-0.39, 0.29) is 18.3 Å². The molecule has 1 aliphatic carbocycles. The first-order chi connectivity index (χ1) is 5.79. The maximum Gasteiger partial charge on any atom is 0.248 e. The topological polar surface area (TPSA) is 43.1 Å². The van der Waals surface area contributed by atoms with E-state index < -0.39 is 0 Å². The molecule has 13 heavy (non-hydrogen) atoms. The van der Waals surface area contributed by atoms with E-state index in [2.05, 4.69) is 0 Å². The molecule has 2 rings (SSSR count). The van der Waals surface area contributed by atoms with Gasteiger partial charge in [0.1, 0.15) is 0 Å². The van der Waals surface area contributed by atoms with Crippen molar-refractivity contribution < 1.29 is 4.79 Å². The van der Waals surface area contributed by atoms with Crippen LogP contribution in [0.4, 0.5) is 0 Å². The lowest BCUT2D eigenvalue weighted by Gasteiger charge is -2.02. The number of hydrogen-bond acceptors (Lipinski definition) is 1. The predicted octanol–water partition coefficient (Wildman–Crippen LogP) is 2.08. The Kier molecular flexibility index (Phi) is 2.94. The molecule has 0 bridgehead atoms. The molecule has 0 aromatic heterocycles. The SMILES string of the molecule is Cl.NC(=O)c1ccccc1C1CC1. The molecule has 1 saturated carbocycles. The van der Waals surface area contributed by atoms with Gasteiger partial charge in [0.15, 0.2) is 0 Å². The first kappa shape index (κ1) is 10.1. The number of benzene rings is 1. The maximum absolute atomic E-state index is 11.0. The van der Waals surface area contributed by atoms with Gasteiger partial charge < -0.3 is 5.73 Å². The average Bonchev–Trinajstić information content (AvgIpc) is 2.87. The Labute approximate surface area is 83.5 Å². The molecule has 0 heterocycles. The summed E-state index contributed by atoms with van der Waals surface area (Å²) in [5.74, 6) is 0.284. The fourth-order valence-electron chi connectivity index (χ4n) is 1.47. The average molecular weight is 198 g/mol. The number of primary amides is 1. The van der Waals surface area contributed by atoms with Gasteiger partial charge in [-0.2, -0.15) is 0 Å². The van der Waals surface area contributed by atoms with E-state index in [1.165, 1.54) is 12.8 Å². The molecule has 0 spiro atoms. The highest BCUT2D eigenvalue weighted by Gasteiger charge is 2.26. The molecule has 2 nitrogen and oxygen atoms in total. The first-order valence-electron chi connectivity index (χ1n) is 4.18. The van der Waals surface area contributed by atoms with Crippen LogP contribution in [0.15, 0.2) is 24.3 Å². The molecule has 0 unspecified atom stereocenters. The van der Waals surface area contributed by atoms with Crippen molar-refractivity contribution in [1.82, 2.24) is 0 Å². The van der Waals surface area contributed by atoms with Gasteiger partial charge in [0.05, 0.1) is 0 Å². The second-order valence-electron chi connectivity index (χ2n) is 3.23. The summed E-state index contributed by atoms with van der Waals surface area (Å²) in [6.07, 6.45) is 2.40. The van der Waals surface area contributed by atoms with E-state index in [0.29, 0.717) is 11.5 Å². The highest BCUT2D eigenvalue weighted by atomic mass is 35.5. The van der Waals surface area contributed by atoms with Crippen molar-refractivity contribution in [3.63, 3.8) is 0 Å². The van der Waals surface area contributed by atoms with Crippen LogP contribution in [0.5, 0.6) is 0 Å².